The van der Waals surface area contributed by atoms with E-state index in [-0.39, 0.29) is 11.8 Å². The Morgan fingerprint density at radius 2 is 2.26 bits per heavy atom. The van der Waals surface area contributed by atoms with Crippen LogP contribution in [0.15, 0.2) is 35.8 Å². The standard InChI is InChI=1S/C18H20N2O2S/c21-18(15-10-13-4-1-2-6-16(13)22-12-15)20-8-3-5-14(11-20)17-19-7-9-23-17/h1-2,4,6-7,9,14-15H,3,5,8,10-12H2/t14-,15-/m1/s1. The maximum Gasteiger partial charge on any atom is 0.229 e. The van der Waals surface area contributed by atoms with Crippen LogP contribution in [0.2, 0.25) is 0 Å². The molecule has 4 nitrogen and oxygen atoms in total. The number of carbonyl (C=O) groups is 1. The number of carbonyl (C=O) groups excluding carboxylic acids is 1. The van der Waals surface area contributed by atoms with Crippen LogP contribution in [0.1, 0.15) is 29.3 Å². The quantitative estimate of drug-likeness (QED) is 0.851. The Bertz CT molecular complexity index is 686. The first kappa shape index (κ1) is 14.7. The molecule has 3 heterocycles. The number of hydrogen-bond acceptors (Lipinski definition) is 4. The normalized spacial score (nSPS) is 23.9. The predicted molar refractivity (Wildman–Crippen MR) is 89.8 cm³/mol. The molecule has 2 aromatic rings. The lowest BCUT2D eigenvalue weighted by atomic mass is 9.93. The Balaban J connectivity index is 1.45. The number of rotatable bonds is 2. The number of para-hydroxylation sites is 1. The lowest BCUT2D eigenvalue weighted by Gasteiger charge is -2.35. The van der Waals surface area contributed by atoms with Crippen molar-refractivity contribution in [2.45, 2.75) is 25.2 Å². The van der Waals surface area contributed by atoms with Crippen molar-refractivity contribution in [3.63, 3.8) is 0 Å². The van der Waals surface area contributed by atoms with Crippen LogP contribution in [-0.2, 0) is 11.2 Å². The molecule has 0 radical (unpaired) electrons. The highest BCUT2D eigenvalue weighted by atomic mass is 32.1. The first-order valence-electron chi connectivity index (χ1n) is 8.20. The summed E-state index contributed by atoms with van der Waals surface area (Å²) in [6.07, 6.45) is 4.82. The third kappa shape index (κ3) is 2.98. The molecule has 1 aromatic carbocycles. The van der Waals surface area contributed by atoms with E-state index in [1.807, 2.05) is 34.7 Å². The fraction of sp³-hybridized carbons (Fsp3) is 0.444. The molecular weight excluding hydrogens is 308 g/mol. The Kier molecular flexibility index (Phi) is 4.04. The molecule has 2 atom stereocenters. The number of ether oxygens (including phenoxy) is 1. The molecule has 4 rings (SSSR count). The van der Waals surface area contributed by atoms with Gasteiger partial charge in [0.25, 0.3) is 0 Å². The molecule has 1 fully saturated rings. The van der Waals surface area contributed by atoms with Crippen molar-refractivity contribution in [2.75, 3.05) is 19.7 Å². The molecule has 0 N–H and O–H groups in total. The fourth-order valence-electron chi connectivity index (χ4n) is 3.56. The molecule has 0 unspecified atom stereocenters. The Hall–Kier alpha value is -1.88. The third-order valence-electron chi connectivity index (χ3n) is 4.76. The lowest BCUT2D eigenvalue weighted by Crippen LogP contribution is -2.45. The van der Waals surface area contributed by atoms with E-state index in [0.29, 0.717) is 12.5 Å². The van der Waals surface area contributed by atoms with E-state index in [4.69, 9.17) is 4.74 Å². The van der Waals surface area contributed by atoms with E-state index in [2.05, 4.69) is 11.1 Å². The van der Waals surface area contributed by atoms with Crippen molar-refractivity contribution in [1.82, 2.24) is 9.88 Å². The number of piperidine rings is 1. The number of likely N-dealkylation sites (tertiary alicyclic amines) is 1. The molecule has 0 bridgehead atoms. The molecule has 1 saturated heterocycles. The summed E-state index contributed by atoms with van der Waals surface area (Å²) in [5.41, 5.74) is 1.14. The number of nitrogens with zero attached hydrogens (tertiary/aromatic N) is 2. The van der Waals surface area contributed by atoms with Crippen molar-refractivity contribution in [3.8, 4) is 5.75 Å². The minimum atomic E-state index is -0.0556. The number of fused-ring (bicyclic) bond motifs is 1. The zero-order valence-electron chi connectivity index (χ0n) is 13.0. The number of benzene rings is 1. The van der Waals surface area contributed by atoms with E-state index >= 15 is 0 Å². The molecule has 5 heteroatoms. The number of aromatic nitrogens is 1. The van der Waals surface area contributed by atoms with Crippen LogP contribution in [-0.4, -0.2) is 35.5 Å². The van der Waals surface area contributed by atoms with Crippen LogP contribution in [0, 0.1) is 5.92 Å². The lowest BCUT2D eigenvalue weighted by molar-refractivity contribution is -0.138. The van der Waals surface area contributed by atoms with Gasteiger partial charge in [-0.3, -0.25) is 4.79 Å². The van der Waals surface area contributed by atoms with Crippen molar-refractivity contribution in [3.05, 3.63) is 46.4 Å². The van der Waals surface area contributed by atoms with Crippen molar-refractivity contribution < 1.29 is 9.53 Å². The van der Waals surface area contributed by atoms with Crippen LogP contribution in [0.4, 0.5) is 0 Å². The van der Waals surface area contributed by atoms with Crippen molar-refractivity contribution in [2.24, 2.45) is 5.92 Å². The third-order valence-corrected chi connectivity index (χ3v) is 5.70. The van der Waals surface area contributed by atoms with E-state index < -0.39 is 0 Å². The van der Waals surface area contributed by atoms with E-state index in [9.17, 15) is 4.79 Å². The van der Waals surface area contributed by atoms with Gasteiger partial charge in [0.15, 0.2) is 0 Å². The Morgan fingerprint density at radius 1 is 1.35 bits per heavy atom. The van der Waals surface area contributed by atoms with Gasteiger partial charge in [0, 0.05) is 30.6 Å². The monoisotopic (exact) mass is 328 g/mol. The molecule has 2 aliphatic rings. The summed E-state index contributed by atoms with van der Waals surface area (Å²) in [6.45, 7) is 2.15. The van der Waals surface area contributed by atoms with Crippen LogP contribution in [0.25, 0.3) is 0 Å². The molecule has 1 amide bonds. The van der Waals surface area contributed by atoms with E-state index in [0.717, 1.165) is 48.7 Å². The second-order valence-electron chi connectivity index (χ2n) is 6.31. The SMILES string of the molecule is O=C([C@H]1COc2ccccc2C1)N1CCC[C@@H](c2nccs2)C1. The van der Waals surface area contributed by atoms with Crippen LogP contribution >= 0.6 is 11.3 Å². The number of amides is 1. The minimum absolute atomic E-state index is 0.0556. The molecule has 1 aromatic heterocycles. The average Bonchev–Trinajstić information content (AvgIpc) is 3.15. The van der Waals surface area contributed by atoms with Gasteiger partial charge in [-0.2, -0.15) is 0 Å². The summed E-state index contributed by atoms with van der Waals surface area (Å²) in [4.78, 5) is 19.4. The van der Waals surface area contributed by atoms with Gasteiger partial charge in [0.2, 0.25) is 5.91 Å². The summed E-state index contributed by atoms with van der Waals surface area (Å²) < 4.78 is 5.79. The molecule has 2 aliphatic heterocycles. The summed E-state index contributed by atoms with van der Waals surface area (Å²) in [5.74, 6) is 1.50. The smallest absolute Gasteiger partial charge is 0.229 e. The summed E-state index contributed by atoms with van der Waals surface area (Å²) >= 11 is 1.70. The molecule has 120 valence electrons. The molecule has 0 aliphatic carbocycles. The largest absolute Gasteiger partial charge is 0.492 e. The molecular formula is C18H20N2O2S. The maximum atomic E-state index is 12.9. The highest BCUT2D eigenvalue weighted by molar-refractivity contribution is 7.09. The van der Waals surface area contributed by atoms with Gasteiger partial charge in [0.1, 0.15) is 12.4 Å². The minimum Gasteiger partial charge on any atom is -0.492 e. The number of thiazole rings is 1. The van der Waals surface area contributed by atoms with Gasteiger partial charge in [-0.05, 0) is 30.9 Å². The Morgan fingerprint density at radius 3 is 3.13 bits per heavy atom. The van der Waals surface area contributed by atoms with Gasteiger partial charge in [-0.1, -0.05) is 18.2 Å². The number of hydrogen-bond donors (Lipinski definition) is 0. The first-order chi connectivity index (χ1) is 11.3. The zero-order valence-corrected chi connectivity index (χ0v) is 13.8. The summed E-state index contributed by atoms with van der Waals surface area (Å²) in [6, 6.07) is 8.03. The van der Waals surface area contributed by atoms with Gasteiger partial charge in [-0.25, -0.2) is 4.98 Å². The van der Waals surface area contributed by atoms with Crippen molar-refractivity contribution >= 4 is 17.2 Å². The fourth-order valence-corrected chi connectivity index (χ4v) is 4.33. The van der Waals surface area contributed by atoms with Crippen LogP contribution in [0.5, 0.6) is 5.75 Å². The van der Waals surface area contributed by atoms with Gasteiger partial charge < -0.3 is 9.64 Å². The van der Waals surface area contributed by atoms with Gasteiger partial charge in [0.05, 0.1) is 10.9 Å². The second-order valence-corrected chi connectivity index (χ2v) is 7.24. The zero-order chi connectivity index (χ0) is 15.6. The van der Waals surface area contributed by atoms with Crippen molar-refractivity contribution in [1.29, 1.82) is 0 Å². The van der Waals surface area contributed by atoms with Crippen LogP contribution < -0.4 is 4.74 Å². The highest BCUT2D eigenvalue weighted by Crippen LogP contribution is 2.31. The molecule has 23 heavy (non-hydrogen) atoms. The summed E-state index contributed by atoms with van der Waals surface area (Å²) in [7, 11) is 0. The first-order valence-corrected chi connectivity index (χ1v) is 9.08. The Labute approximate surface area is 140 Å². The van der Waals surface area contributed by atoms with E-state index in [1.165, 1.54) is 0 Å². The highest BCUT2D eigenvalue weighted by Gasteiger charge is 2.33. The molecule has 0 spiro atoms. The topological polar surface area (TPSA) is 42.4 Å². The van der Waals surface area contributed by atoms with Gasteiger partial charge in [-0.15, -0.1) is 11.3 Å². The maximum absolute atomic E-state index is 12.9. The predicted octanol–water partition coefficient (Wildman–Crippen LogP) is 3.10. The average molecular weight is 328 g/mol. The molecule has 0 saturated carbocycles. The van der Waals surface area contributed by atoms with Crippen LogP contribution in [0.3, 0.4) is 0 Å². The summed E-state index contributed by atoms with van der Waals surface area (Å²) in [5, 5.41) is 3.18. The second kappa shape index (κ2) is 6.32. The van der Waals surface area contributed by atoms with Gasteiger partial charge >= 0.3 is 0 Å². The van der Waals surface area contributed by atoms with E-state index in [1.54, 1.807) is 11.3 Å².